The van der Waals surface area contributed by atoms with Crippen molar-refractivity contribution in [2.45, 2.75) is 90.9 Å². The zero-order valence-corrected chi connectivity index (χ0v) is 21.7. The van der Waals surface area contributed by atoms with Crippen molar-refractivity contribution in [3.63, 3.8) is 0 Å². The highest BCUT2D eigenvalue weighted by Gasteiger charge is 2.21. The standard InChI is InChI=1S/C30H40F4O2/c1-3-5-7-9-11-13-21-35-24-17-15-23(16-18-24)27(31)28(32)25-19-20-26(30(34)29(25)33)36-22-14-12-10-8-6-4-2/h15-20H,3-14,21-22H2,1-2H3/b28-27+. The summed E-state index contributed by atoms with van der Waals surface area (Å²) in [6.07, 6.45) is 13.0. The van der Waals surface area contributed by atoms with Gasteiger partial charge in [-0.05, 0) is 49.2 Å². The molecule has 0 atom stereocenters. The molecule has 2 aromatic rings. The van der Waals surface area contributed by atoms with Gasteiger partial charge in [-0.3, -0.25) is 0 Å². The van der Waals surface area contributed by atoms with Gasteiger partial charge in [-0.2, -0.15) is 4.39 Å². The smallest absolute Gasteiger partial charge is 0.201 e. The summed E-state index contributed by atoms with van der Waals surface area (Å²) < 4.78 is 69.4. The summed E-state index contributed by atoms with van der Waals surface area (Å²) >= 11 is 0. The van der Waals surface area contributed by atoms with Gasteiger partial charge in [0, 0.05) is 5.56 Å². The summed E-state index contributed by atoms with van der Waals surface area (Å²) in [6.45, 7) is 5.10. The van der Waals surface area contributed by atoms with Crippen molar-refractivity contribution >= 4 is 11.7 Å². The zero-order valence-electron chi connectivity index (χ0n) is 21.7. The van der Waals surface area contributed by atoms with Crippen molar-refractivity contribution in [1.82, 2.24) is 0 Å². The van der Waals surface area contributed by atoms with E-state index in [0.29, 0.717) is 18.8 Å². The minimum absolute atomic E-state index is 0.0809. The second-order valence-corrected chi connectivity index (χ2v) is 9.12. The summed E-state index contributed by atoms with van der Waals surface area (Å²) in [5.41, 5.74) is -0.858. The summed E-state index contributed by atoms with van der Waals surface area (Å²) in [6, 6.07) is 7.93. The Hall–Kier alpha value is -2.50. The second-order valence-electron chi connectivity index (χ2n) is 9.12. The molecule has 0 bridgehead atoms. The van der Waals surface area contributed by atoms with Gasteiger partial charge < -0.3 is 9.47 Å². The number of ether oxygens (including phenoxy) is 2. The lowest BCUT2D eigenvalue weighted by Crippen LogP contribution is -2.02. The molecular formula is C30H40F4O2. The van der Waals surface area contributed by atoms with E-state index < -0.39 is 28.9 Å². The first-order chi connectivity index (χ1) is 17.5. The first kappa shape index (κ1) is 29.7. The maximum absolute atomic E-state index is 14.7. The molecule has 0 saturated heterocycles. The number of unbranched alkanes of at least 4 members (excludes halogenated alkanes) is 10. The molecule has 0 radical (unpaired) electrons. The van der Waals surface area contributed by atoms with Crippen LogP contribution in [0.15, 0.2) is 36.4 Å². The molecule has 2 aromatic carbocycles. The highest BCUT2D eigenvalue weighted by molar-refractivity contribution is 5.83. The largest absolute Gasteiger partial charge is 0.494 e. The lowest BCUT2D eigenvalue weighted by Gasteiger charge is -2.10. The van der Waals surface area contributed by atoms with Crippen molar-refractivity contribution in [3.05, 3.63) is 59.2 Å². The fraction of sp³-hybridized carbons (Fsp3) is 0.533. The first-order valence-corrected chi connectivity index (χ1v) is 13.4. The zero-order chi connectivity index (χ0) is 26.2. The van der Waals surface area contributed by atoms with Crippen molar-refractivity contribution in [1.29, 1.82) is 0 Å². The molecule has 0 saturated carbocycles. The van der Waals surface area contributed by atoms with Gasteiger partial charge in [0.15, 0.2) is 23.2 Å². The minimum atomic E-state index is -1.47. The molecule has 0 aromatic heterocycles. The van der Waals surface area contributed by atoms with Crippen molar-refractivity contribution in [3.8, 4) is 11.5 Å². The average Bonchev–Trinajstić information content (AvgIpc) is 2.89. The topological polar surface area (TPSA) is 18.5 Å². The minimum Gasteiger partial charge on any atom is -0.494 e. The molecule has 0 aliphatic heterocycles. The van der Waals surface area contributed by atoms with Crippen LogP contribution >= 0.6 is 0 Å². The second kappa shape index (κ2) is 17.0. The van der Waals surface area contributed by atoms with Crippen LogP contribution in [0.25, 0.3) is 11.7 Å². The van der Waals surface area contributed by atoms with E-state index in [9.17, 15) is 17.6 Å². The molecule has 0 aliphatic carbocycles. The van der Waals surface area contributed by atoms with Gasteiger partial charge in [-0.25, -0.2) is 13.2 Å². The molecule has 200 valence electrons. The van der Waals surface area contributed by atoms with Crippen LogP contribution in [0.5, 0.6) is 11.5 Å². The van der Waals surface area contributed by atoms with Crippen LogP contribution in [0, 0.1) is 11.6 Å². The maximum atomic E-state index is 14.7. The van der Waals surface area contributed by atoms with Crippen LogP contribution in [0.1, 0.15) is 102 Å². The molecule has 0 unspecified atom stereocenters. The molecule has 0 fully saturated rings. The summed E-state index contributed by atoms with van der Waals surface area (Å²) in [7, 11) is 0. The molecule has 0 amide bonds. The first-order valence-electron chi connectivity index (χ1n) is 13.4. The van der Waals surface area contributed by atoms with Gasteiger partial charge in [0.2, 0.25) is 5.82 Å². The Bertz CT molecular complexity index is 925. The molecule has 0 heterocycles. The van der Waals surface area contributed by atoms with Gasteiger partial charge in [0.25, 0.3) is 0 Å². The average molecular weight is 509 g/mol. The van der Waals surface area contributed by atoms with E-state index in [1.807, 2.05) is 0 Å². The van der Waals surface area contributed by atoms with Crippen LogP contribution in [0.3, 0.4) is 0 Å². The van der Waals surface area contributed by atoms with E-state index in [4.69, 9.17) is 9.47 Å². The van der Waals surface area contributed by atoms with Gasteiger partial charge in [-0.1, -0.05) is 78.1 Å². The third-order valence-electron chi connectivity index (χ3n) is 6.11. The fourth-order valence-electron chi connectivity index (χ4n) is 3.89. The Morgan fingerprint density at radius 2 is 1.11 bits per heavy atom. The number of hydrogen-bond acceptors (Lipinski definition) is 2. The highest BCUT2D eigenvalue weighted by Crippen LogP contribution is 2.34. The quantitative estimate of drug-likeness (QED) is 0.113. The van der Waals surface area contributed by atoms with Crippen LogP contribution in [-0.2, 0) is 0 Å². The Balaban J connectivity index is 1.92. The Morgan fingerprint density at radius 1 is 0.583 bits per heavy atom. The lowest BCUT2D eigenvalue weighted by molar-refractivity contribution is 0.284. The van der Waals surface area contributed by atoms with Crippen LogP contribution in [0.4, 0.5) is 17.6 Å². The van der Waals surface area contributed by atoms with Crippen molar-refractivity contribution < 1.29 is 27.0 Å². The Kier molecular flexibility index (Phi) is 14.1. The number of rotatable bonds is 18. The highest BCUT2D eigenvalue weighted by atomic mass is 19.2. The van der Waals surface area contributed by atoms with E-state index in [-0.39, 0.29) is 17.9 Å². The molecule has 0 N–H and O–H groups in total. The van der Waals surface area contributed by atoms with E-state index in [1.54, 1.807) is 0 Å². The lowest BCUT2D eigenvalue weighted by atomic mass is 10.1. The summed E-state index contributed by atoms with van der Waals surface area (Å²) in [5, 5.41) is 0. The monoisotopic (exact) mass is 508 g/mol. The predicted molar refractivity (Wildman–Crippen MR) is 140 cm³/mol. The number of benzene rings is 2. The summed E-state index contributed by atoms with van der Waals surface area (Å²) in [4.78, 5) is 0. The van der Waals surface area contributed by atoms with E-state index >= 15 is 0 Å². The molecule has 2 rings (SSSR count). The normalized spacial score (nSPS) is 11.9. The van der Waals surface area contributed by atoms with Crippen LogP contribution in [0.2, 0.25) is 0 Å². The molecular weight excluding hydrogens is 468 g/mol. The number of hydrogen-bond donors (Lipinski definition) is 0. The van der Waals surface area contributed by atoms with Crippen LogP contribution < -0.4 is 9.47 Å². The van der Waals surface area contributed by atoms with Gasteiger partial charge in [-0.15, -0.1) is 0 Å². The van der Waals surface area contributed by atoms with Crippen LogP contribution in [-0.4, -0.2) is 13.2 Å². The van der Waals surface area contributed by atoms with E-state index in [0.717, 1.165) is 50.7 Å². The van der Waals surface area contributed by atoms with E-state index in [1.165, 1.54) is 56.4 Å². The van der Waals surface area contributed by atoms with Gasteiger partial charge in [0.1, 0.15) is 5.75 Å². The maximum Gasteiger partial charge on any atom is 0.201 e. The van der Waals surface area contributed by atoms with Gasteiger partial charge in [0.05, 0.1) is 18.8 Å². The molecule has 36 heavy (non-hydrogen) atoms. The Morgan fingerprint density at radius 3 is 1.69 bits per heavy atom. The number of halogens is 4. The predicted octanol–water partition coefficient (Wildman–Crippen LogP) is 10.2. The van der Waals surface area contributed by atoms with Gasteiger partial charge >= 0.3 is 0 Å². The third kappa shape index (κ3) is 9.87. The summed E-state index contributed by atoms with van der Waals surface area (Å²) in [5.74, 6) is -5.28. The molecule has 0 spiro atoms. The molecule has 6 heteroatoms. The van der Waals surface area contributed by atoms with Crippen molar-refractivity contribution in [2.75, 3.05) is 13.2 Å². The molecule has 0 aliphatic rings. The van der Waals surface area contributed by atoms with Crippen molar-refractivity contribution in [2.24, 2.45) is 0 Å². The third-order valence-corrected chi connectivity index (χ3v) is 6.11. The molecule has 2 nitrogen and oxygen atoms in total. The SMILES string of the molecule is CCCCCCCCOc1ccc(/C(F)=C(\F)c2ccc(OCCCCCCCC)c(F)c2F)cc1. The Labute approximate surface area is 213 Å². The van der Waals surface area contributed by atoms with E-state index in [2.05, 4.69) is 13.8 Å². The fourth-order valence-corrected chi connectivity index (χ4v) is 3.89.